The molecule has 256 valence electrons. The van der Waals surface area contributed by atoms with Gasteiger partial charge >= 0.3 is 7.12 Å². The Morgan fingerprint density at radius 1 is 1.00 bits per heavy atom. The minimum Gasteiger partial charge on any atom is -0.487 e. The fourth-order valence-corrected chi connectivity index (χ4v) is 4.91. The van der Waals surface area contributed by atoms with Gasteiger partial charge in [0.2, 0.25) is 5.91 Å². The van der Waals surface area contributed by atoms with Crippen molar-refractivity contribution in [3.05, 3.63) is 84.2 Å². The lowest BCUT2D eigenvalue weighted by atomic mass is 9.76. The molecule has 0 aliphatic carbocycles. The molecule has 6 atom stereocenters. The van der Waals surface area contributed by atoms with E-state index in [0.29, 0.717) is 11.3 Å². The monoisotopic (exact) mass is 665 g/mol. The molecule has 3 aromatic rings. The third-order valence-corrected chi connectivity index (χ3v) is 7.52. The zero-order valence-electron chi connectivity index (χ0n) is 26.6. The second kappa shape index (κ2) is 17.7. The molecular weight excluding hydrogens is 625 g/mol. The normalized spacial score (nSPS) is 17.6. The summed E-state index contributed by atoms with van der Waals surface area (Å²) in [5.74, 6) is -0.782. The van der Waals surface area contributed by atoms with Gasteiger partial charge in [-0.3, -0.25) is 19.6 Å². The van der Waals surface area contributed by atoms with E-state index in [1.165, 1.54) is 18.6 Å². The number of carbonyl (C=O) groups is 3. The average molecular weight is 666 g/mol. The number of hydrogen-bond donors (Lipinski definition) is 6. The molecule has 1 aromatic carbocycles. The lowest BCUT2D eigenvalue weighted by Gasteiger charge is -2.26. The van der Waals surface area contributed by atoms with Crippen LogP contribution in [0.2, 0.25) is 0 Å². The van der Waals surface area contributed by atoms with E-state index in [4.69, 9.17) is 19.2 Å². The van der Waals surface area contributed by atoms with Gasteiger partial charge in [0.25, 0.3) is 5.91 Å². The topological polar surface area (TPSA) is 223 Å². The number of carbonyl (C=O) groups excluding carboxylic acids is 3. The lowest BCUT2D eigenvalue weighted by Crippen LogP contribution is -2.55. The van der Waals surface area contributed by atoms with Crippen molar-refractivity contribution in [2.24, 2.45) is 5.92 Å². The van der Waals surface area contributed by atoms with Crippen molar-refractivity contribution in [3.8, 4) is 5.75 Å². The minimum atomic E-state index is -1.75. The van der Waals surface area contributed by atoms with Crippen molar-refractivity contribution in [2.45, 2.75) is 69.8 Å². The summed E-state index contributed by atoms with van der Waals surface area (Å²) in [6, 6.07) is 10.3. The van der Waals surface area contributed by atoms with Gasteiger partial charge in [0, 0.05) is 25.0 Å². The van der Waals surface area contributed by atoms with Gasteiger partial charge < -0.3 is 49.9 Å². The van der Waals surface area contributed by atoms with Crippen molar-refractivity contribution in [1.29, 1.82) is 0 Å². The first-order valence-corrected chi connectivity index (χ1v) is 15.5. The Morgan fingerprint density at radius 3 is 2.42 bits per heavy atom. The number of amides is 2. The van der Waals surface area contributed by atoms with Crippen LogP contribution in [0.1, 0.15) is 42.0 Å². The van der Waals surface area contributed by atoms with Gasteiger partial charge in [-0.05, 0) is 42.2 Å². The summed E-state index contributed by atoms with van der Waals surface area (Å²) < 4.78 is 16.8. The van der Waals surface area contributed by atoms with E-state index in [1.54, 1.807) is 30.5 Å². The minimum absolute atomic E-state index is 0.00534. The maximum Gasteiger partial charge on any atom is 0.534 e. The number of aromatic nitrogens is 3. The van der Waals surface area contributed by atoms with E-state index in [9.17, 15) is 29.7 Å². The molecule has 2 aromatic heterocycles. The molecule has 1 saturated heterocycles. The number of nitrogens with zero attached hydrogens (tertiary/aromatic N) is 3. The van der Waals surface area contributed by atoms with Crippen LogP contribution in [0.4, 0.5) is 0 Å². The van der Waals surface area contributed by atoms with Crippen LogP contribution >= 0.6 is 0 Å². The third kappa shape index (κ3) is 10.3. The SMILES string of the molecule is CC(C)CC(NC(=O)C(Cc1ccc(OCc2ccccn2)cc1)NC(=O)c1cnccn1)C(=O)B1OCC(C(O)C(O)C(O)CO)O1. The Labute approximate surface area is 277 Å². The molecule has 6 unspecified atom stereocenters. The maximum atomic E-state index is 13.8. The Balaban J connectivity index is 1.47. The van der Waals surface area contributed by atoms with E-state index in [-0.39, 0.29) is 37.7 Å². The lowest BCUT2D eigenvalue weighted by molar-refractivity contribution is -0.127. The third-order valence-electron chi connectivity index (χ3n) is 7.52. The van der Waals surface area contributed by atoms with E-state index >= 15 is 0 Å². The first-order valence-electron chi connectivity index (χ1n) is 15.5. The number of nitrogens with one attached hydrogen (secondary N) is 2. The number of benzene rings is 1. The summed E-state index contributed by atoms with van der Waals surface area (Å²) in [4.78, 5) is 52.5. The van der Waals surface area contributed by atoms with Crippen LogP contribution in [0.15, 0.2) is 67.3 Å². The average Bonchev–Trinajstić information content (AvgIpc) is 3.60. The quantitative estimate of drug-likeness (QED) is 0.0994. The molecule has 0 spiro atoms. The Kier molecular flexibility index (Phi) is 13.5. The number of rotatable bonds is 17. The largest absolute Gasteiger partial charge is 0.534 e. The van der Waals surface area contributed by atoms with Crippen LogP contribution in [0.3, 0.4) is 0 Å². The van der Waals surface area contributed by atoms with Crippen LogP contribution < -0.4 is 15.4 Å². The van der Waals surface area contributed by atoms with Crippen LogP contribution in [0.25, 0.3) is 0 Å². The molecule has 48 heavy (non-hydrogen) atoms. The van der Waals surface area contributed by atoms with E-state index < -0.39 is 67.7 Å². The summed E-state index contributed by atoms with van der Waals surface area (Å²) in [7, 11) is -1.49. The number of hydrogen-bond acceptors (Lipinski definition) is 13. The Bertz CT molecular complexity index is 1470. The molecular formula is C32H40BN5O10. The molecule has 0 saturated carbocycles. The highest BCUT2D eigenvalue weighted by molar-refractivity contribution is 6.82. The Hall–Kier alpha value is -4.32. The molecule has 1 aliphatic heterocycles. The molecule has 0 radical (unpaired) electrons. The molecule has 3 heterocycles. The summed E-state index contributed by atoms with van der Waals surface area (Å²) >= 11 is 0. The first-order chi connectivity index (χ1) is 23.0. The number of ether oxygens (including phenoxy) is 1. The highest BCUT2D eigenvalue weighted by atomic mass is 16.7. The molecule has 15 nitrogen and oxygen atoms in total. The second-order valence-electron chi connectivity index (χ2n) is 11.7. The molecule has 0 bridgehead atoms. The predicted molar refractivity (Wildman–Crippen MR) is 170 cm³/mol. The smallest absolute Gasteiger partial charge is 0.487 e. The number of aliphatic hydroxyl groups excluding tert-OH is 4. The van der Waals surface area contributed by atoms with Crippen LogP contribution in [-0.2, 0) is 31.9 Å². The van der Waals surface area contributed by atoms with Crippen LogP contribution in [0, 0.1) is 5.92 Å². The van der Waals surface area contributed by atoms with Crippen molar-refractivity contribution in [3.63, 3.8) is 0 Å². The highest BCUT2D eigenvalue weighted by Crippen LogP contribution is 2.20. The fourth-order valence-electron chi connectivity index (χ4n) is 4.91. The second-order valence-corrected chi connectivity index (χ2v) is 11.7. The van der Waals surface area contributed by atoms with Gasteiger partial charge in [0.15, 0.2) is 5.68 Å². The number of pyridine rings is 1. The number of aliphatic hydroxyl groups is 4. The molecule has 16 heteroatoms. The summed E-state index contributed by atoms with van der Waals surface area (Å²) in [6.07, 6.45) is -0.270. The summed E-state index contributed by atoms with van der Waals surface area (Å²) in [5, 5.41) is 44.6. The van der Waals surface area contributed by atoms with E-state index in [1.807, 2.05) is 32.0 Å². The van der Waals surface area contributed by atoms with Crippen LogP contribution in [0.5, 0.6) is 5.75 Å². The van der Waals surface area contributed by atoms with Crippen molar-refractivity contribution in [1.82, 2.24) is 25.6 Å². The van der Waals surface area contributed by atoms with Crippen molar-refractivity contribution >= 4 is 24.6 Å². The van der Waals surface area contributed by atoms with E-state index in [2.05, 4.69) is 25.6 Å². The summed E-state index contributed by atoms with van der Waals surface area (Å²) in [6.45, 7) is 2.90. The van der Waals surface area contributed by atoms with Crippen LogP contribution in [-0.4, -0.2) is 110 Å². The maximum absolute atomic E-state index is 13.8. The molecule has 6 N–H and O–H groups in total. The van der Waals surface area contributed by atoms with Gasteiger partial charge in [0.05, 0.1) is 37.3 Å². The van der Waals surface area contributed by atoms with Gasteiger partial charge in [-0.25, -0.2) is 4.98 Å². The van der Waals surface area contributed by atoms with Gasteiger partial charge in [-0.2, -0.15) is 0 Å². The van der Waals surface area contributed by atoms with Crippen molar-refractivity contribution < 1.29 is 48.9 Å². The zero-order chi connectivity index (χ0) is 34.6. The van der Waals surface area contributed by atoms with Gasteiger partial charge in [-0.15, -0.1) is 0 Å². The molecule has 2 amide bonds. The zero-order valence-corrected chi connectivity index (χ0v) is 26.6. The summed E-state index contributed by atoms with van der Waals surface area (Å²) in [5.41, 5.74) is 0.801. The molecule has 1 fully saturated rings. The first kappa shape index (κ1) is 36.5. The van der Waals surface area contributed by atoms with Crippen molar-refractivity contribution in [2.75, 3.05) is 13.2 Å². The van der Waals surface area contributed by atoms with E-state index in [0.717, 1.165) is 5.69 Å². The Morgan fingerprint density at radius 2 is 1.77 bits per heavy atom. The van der Waals surface area contributed by atoms with Gasteiger partial charge in [-0.1, -0.05) is 32.0 Å². The molecule has 4 rings (SSSR count). The fraction of sp³-hybridized carbons (Fsp3) is 0.438. The van der Waals surface area contributed by atoms with Gasteiger partial charge in [0.1, 0.15) is 42.4 Å². The standard InChI is InChI=1S/C32H40BN5O10/c1-19(2)13-23(30(43)33-47-18-27(48-33)29(42)28(41)26(40)16-39)37-31(44)24(38-32(45)25-15-34-11-12-36-25)14-20-6-8-22(9-7-20)46-17-21-5-3-4-10-35-21/h3-12,15,19,23-24,26-29,39-42H,13-14,16-18H2,1-2H3,(H,37,44)(H,38,45). The molecule has 1 aliphatic rings. The highest BCUT2D eigenvalue weighted by Gasteiger charge is 2.46. The predicted octanol–water partition coefficient (Wildman–Crippen LogP) is -0.590.